The van der Waals surface area contributed by atoms with Crippen LogP contribution in [0.1, 0.15) is 26.4 Å². The van der Waals surface area contributed by atoms with Crippen LogP contribution in [0.15, 0.2) is 72.8 Å². The van der Waals surface area contributed by atoms with Crippen molar-refractivity contribution in [3.05, 3.63) is 94.4 Å². The number of carbonyl (C=O) groups excluding carboxylic acids is 1. The van der Waals surface area contributed by atoms with Crippen molar-refractivity contribution in [3.63, 3.8) is 0 Å². The van der Waals surface area contributed by atoms with Gasteiger partial charge in [-0.15, -0.1) is 11.3 Å². The largest absolute Gasteiger partial charge is 0.332 e. The van der Waals surface area contributed by atoms with Gasteiger partial charge in [0, 0.05) is 33.9 Å². The number of thiazole rings is 1. The smallest absolute Gasteiger partial charge is 0.258 e. The van der Waals surface area contributed by atoms with Crippen LogP contribution >= 0.6 is 11.3 Å². The van der Waals surface area contributed by atoms with Crippen molar-refractivity contribution in [3.8, 4) is 11.3 Å². The summed E-state index contributed by atoms with van der Waals surface area (Å²) in [5.41, 5.74) is 7.21. The predicted molar refractivity (Wildman–Crippen MR) is 129 cm³/mol. The van der Waals surface area contributed by atoms with Crippen molar-refractivity contribution < 1.29 is 4.79 Å². The molecule has 31 heavy (non-hydrogen) atoms. The van der Waals surface area contributed by atoms with Gasteiger partial charge in [0.05, 0.1) is 5.69 Å². The number of anilines is 3. The van der Waals surface area contributed by atoms with Crippen LogP contribution in [-0.2, 0) is 6.42 Å². The molecule has 0 bridgehead atoms. The molecule has 154 valence electrons. The van der Waals surface area contributed by atoms with Gasteiger partial charge in [0.2, 0.25) is 0 Å². The van der Waals surface area contributed by atoms with E-state index in [0.717, 1.165) is 45.3 Å². The summed E-state index contributed by atoms with van der Waals surface area (Å²) in [5.74, 6) is 0.0608. The van der Waals surface area contributed by atoms with Crippen molar-refractivity contribution in [1.82, 2.24) is 4.98 Å². The maximum atomic E-state index is 13.0. The van der Waals surface area contributed by atoms with Crippen molar-refractivity contribution >= 4 is 33.8 Å². The molecule has 4 nitrogen and oxygen atoms in total. The number of rotatable bonds is 4. The molecule has 1 amide bonds. The standard InChI is InChI=1S/C26H23N3OS/c1-17-8-10-19(11-9-17)25(30)29-15-14-20-16-21(12-13-23(20)29)24-18(2)31-26(28-24)27-22-6-4-3-5-7-22/h3-13,16H,14-15H2,1-2H3,(H,27,28). The number of hydrogen-bond donors (Lipinski definition) is 1. The molecule has 5 rings (SSSR count). The lowest BCUT2D eigenvalue weighted by Gasteiger charge is -2.17. The Hall–Kier alpha value is -3.44. The summed E-state index contributed by atoms with van der Waals surface area (Å²) in [4.78, 5) is 20.9. The minimum atomic E-state index is 0.0608. The van der Waals surface area contributed by atoms with E-state index in [1.165, 1.54) is 10.4 Å². The van der Waals surface area contributed by atoms with Gasteiger partial charge in [-0.1, -0.05) is 42.0 Å². The van der Waals surface area contributed by atoms with E-state index < -0.39 is 0 Å². The molecule has 5 heteroatoms. The second kappa shape index (κ2) is 8.00. The number of aromatic nitrogens is 1. The van der Waals surface area contributed by atoms with Crippen molar-refractivity contribution in [2.24, 2.45) is 0 Å². The molecule has 1 N–H and O–H groups in total. The highest BCUT2D eigenvalue weighted by Crippen LogP contribution is 2.36. The minimum absolute atomic E-state index is 0.0608. The van der Waals surface area contributed by atoms with E-state index in [-0.39, 0.29) is 5.91 Å². The number of carbonyl (C=O) groups is 1. The maximum absolute atomic E-state index is 13.0. The molecular formula is C26H23N3OS. The number of nitrogens with zero attached hydrogens (tertiary/aromatic N) is 2. The maximum Gasteiger partial charge on any atom is 0.258 e. The first kappa shape index (κ1) is 19.5. The topological polar surface area (TPSA) is 45.2 Å². The van der Waals surface area contributed by atoms with Crippen LogP contribution in [0.5, 0.6) is 0 Å². The lowest BCUT2D eigenvalue weighted by Crippen LogP contribution is -2.28. The summed E-state index contributed by atoms with van der Waals surface area (Å²) >= 11 is 1.65. The third kappa shape index (κ3) is 3.84. The predicted octanol–water partition coefficient (Wildman–Crippen LogP) is 6.37. The van der Waals surface area contributed by atoms with E-state index in [4.69, 9.17) is 4.98 Å². The van der Waals surface area contributed by atoms with Crippen LogP contribution in [0.2, 0.25) is 0 Å². The molecule has 0 atom stereocenters. The van der Waals surface area contributed by atoms with E-state index in [9.17, 15) is 4.79 Å². The quantitative estimate of drug-likeness (QED) is 0.413. The van der Waals surface area contributed by atoms with E-state index in [2.05, 4.69) is 30.4 Å². The Balaban J connectivity index is 1.40. The number of para-hydroxylation sites is 1. The van der Waals surface area contributed by atoms with Crippen LogP contribution in [0.25, 0.3) is 11.3 Å². The molecule has 0 saturated carbocycles. The Morgan fingerprint density at radius 2 is 1.77 bits per heavy atom. The van der Waals surface area contributed by atoms with E-state index in [0.29, 0.717) is 6.54 Å². The highest BCUT2D eigenvalue weighted by molar-refractivity contribution is 7.16. The molecule has 0 saturated heterocycles. The molecule has 0 unspecified atom stereocenters. The Kier molecular flexibility index (Phi) is 5.04. The minimum Gasteiger partial charge on any atom is -0.332 e. The van der Waals surface area contributed by atoms with Gasteiger partial charge in [-0.25, -0.2) is 4.98 Å². The van der Waals surface area contributed by atoms with Gasteiger partial charge in [-0.3, -0.25) is 4.79 Å². The normalized spacial score (nSPS) is 12.6. The Labute approximate surface area is 186 Å². The first-order valence-corrected chi connectivity index (χ1v) is 11.2. The van der Waals surface area contributed by atoms with Gasteiger partial charge < -0.3 is 10.2 Å². The fourth-order valence-electron chi connectivity index (χ4n) is 3.97. The van der Waals surface area contributed by atoms with Crippen LogP contribution < -0.4 is 10.2 Å². The van der Waals surface area contributed by atoms with Gasteiger partial charge in [0.25, 0.3) is 5.91 Å². The fraction of sp³-hybridized carbons (Fsp3) is 0.154. The Morgan fingerprint density at radius 3 is 2.55 bits per heavy atom. The van der Waals surface area contributed by atoms with E-state index in [1.54, 1.807) is 11.3 Å². The summed E-state index contributed by atoms with van der Waals surface area (Å²) < 4.78 is 0. The van der Waals surface area contributed by atoms with Gasteiger partial charge in [0.1, 0.15) is 0 Å². The number of benzene rings is 3. The zero-order valence-electron chi connectivity index (χ0n) is 17.6. The van der Waals surface area contributed by atoms with Crippen LogP contribution in [0.3, 0.4) is 0 Å². The second-order valence-corrected chi connectivity index (χ2v) is 9.03. The zero-order chi connectivity index (χ0) is 21.4. The van der Waals surface area contributed by atoms with Gasteiger partial charge >= 0.3 is 0 Å². The first-order chi connectivity index (χ1) is 15.1. The second-order valence-electron chi connectivity index (χ2n) is 7.83. The Morgan fingerprint density at radius 1 is 1.00 bits per heavy atom. The third-order valence-electron chi connectivity index (χ3n) is 5.61. The van der Waals surface area contributed by atoms with Gasteiger partial charge in [-0.2, -0.15) is 0 Å². The van der Waals surface area contributed by atoms with Crippen molar-refractivity contribution in [1.29, 1.82) is 0 Å². The summed E-state index contributed by atoms with van der Waals surface area (Å²) in [5, 5.41) is 4.27. The zero-order valence-corrected chi connectivity index (χ0v) is 18.4. The fourth-order valence-corrected chi connectivity index (χ4v) is 4.83. The monoisotopic (exact) mass is 425 g/mol. The van der Waals surface area contributed by atoms with Crippen LogP contribution in [0.4, 0.5) is 16.5 Å². The van der Waals surface area contributed by atoms with Gasteiger partial charge in [0.15, 0.2) is 5.13 Å². The summed E-state index contributed by atoms with van der Waals surface area (Å²) in [6.45, 7) is 4.84. The number of aryl methyl sites for hydroxylation is 2. The van der Waals surface area contributed by atoms with E-state index >= 15 is 0 Å². The lowest BCUT2D eigenvalue weighted by atomic mass is 10.1. The number of hydrogen-bond acceptors (Lipinski definition) is 4. The number of fused-ring (bicyclic) bond motifs is 1. The Bertz CT molecular complexity index is 1250. The molecule has 0 aliphatic carbocycles. The lowest BCUT2D eigenvalue weighted by molar-refractivity contribution is 0.0989. The summed E-state index contributed by atoms with van der Waals surface area (Å²) in [6, 6.07) is 24.2. The first-order valence-electron chi connectivity index (χ1n) is 10.4. The molecule has 3 aromatic carbocycles. The molecule has 0 spiro atoms. The molecule has 1 aromatic heterocycles. The molecule has 0 radical (unpaired) electrons. The average Bonchev–Trinajstić information content (AvgIpc) is 3.37. The molecular weight excluding hydrogens is 402 g/mol. The highest BCUT2D eigenvalue weighted by atomic mass is 32.1. The third-order valence-corrected chi connectivity index (χ3v) is 6.50. The van der Waals surface area contributed by atoms with Crippen LogP contribution in [-0.4, -0.2) is 17.4 Å². The molecule has 1 aliphatic heterocycles. The summed E-state index contributed by atoms with van der Waals surface area (Å²) in [7, 11) is 0. The average molecular weight is 426 g/mol. The van der Waals surface area contributed by atoms with Crippen molar-refractivity contribution in [2.45, 2.75) is 20.3 Å². The molecule has 0 fully saturated rings. The SMILES string of the molecule is Cc1ccc(C(=O)N2CCc3cc(-c4nc(Nc5ccccc5)sc4C)ccc32)cc1. The van der Waals surface area contributed by atoms with Gasteiger partial charge in [-0.05, 0) is 62.2 Å². The molecule has 2 heterocycles. The molecule has 1 aliphatic rings. The van der Waals surface area contributed by atoms with Crippen molar-refractivity contribution in [2.75, 3.05) is 16.8 Å². The summed E-state index contributed by atoms with van der Waals surface area (Å²) in [6.07, 6.45) is 0.860. The van der Waals surface area contributed by atoms with E-state index in [1.807, 2.05) is 66.4 Å². The number of nitrogens with one attached hydrogen (secondary N) is 1. The highest BCUT2D eigenvalue weighted by Gasteiger charge is 2.26. The van der Waals surface area contributed by atoms with Crippen LogP contribution in [0, 0.1) is 13.8 Å². The number of amides is 1. The molecule has 4 aromatic rings.